The van der Waals surface area contributed by atoms with Gasteiger partial charge in [-0.25, -0.2) is 0 Å². The Kier molecular flexibility index (Phi) is 10.4. The average Bonchev–Trinajstić information content (AvgIpc) is 3.97. The summed E-state index contributed by atoms with van der Waals surface area (Å²) in [6.45, 7) is 8.39. The number of rotatable bonds is 11. The Morgan fingerprint density at radius 1 is 1.00 bits per heavy atom. The molecule has 7 rings (SSSR count). The zero-order chi connectivity index (χ0) is 37.5. The van der Waals surface area contributed by atoms with E-state index in [0.717, 1.165) is 54.8 Å². The number of amides is 3. The van der Waals surface area contributed by atoms with Crippen LogP contribution in [0, 0.1) is 5.92 Å². The highest BCUT2D eigenvalue weighted by Gasteiger charge is 2.66. The summed E-state index contributed by atoms with van der Waals surface area (Å²) in [5.41, 5.74) is 1.64. The SMILES string of the molecule is COc1ccc([Si](C)(C)[C@@H]2[C@@H](CC(=O)N3CCC[C@H]3CO)O[C@]3(C(=O)N(Cc4ccc(NC(=O)[C@H]5CCCN5)cc4)c4ccc(OC)cc43)[C@H]2C)cc1. The summed E-state index contributed by atoms with van der Waals surface area (Å²) in [4.78, 5) is 45.6. The molecule has 1 spiro atoms. The fraction of sp³-hybridized carbons (Fsp3) is 0.488. The fourth-order valence-corrected chi connectivity index (χ4v) is 13.4. The minimum atomic E-state index is -2.47. The molecule has 3 aromatic rings. The van der Waals surface area contributed by atoms with Crippen LogP contribution >= 0.6 is 0 Å². The molecule has 3 fully saturated rings. The second-order valence-corrected chi connectivity index (χ2v) is 20.2. The highest BCUT2D eigenvalue weighted by atomic mass is 28.3. The van der Waals surface area contributed by atoms with Crippen LogP contribution in [-0.4, -0.2) is 87.9 Å². The standard InChI is InChI=1S/C41H52N4O7Si/c1-26-38(53(4,5)32-17-14-30(50-2)15-18-32)36(23-37(47)44-21-7-8-29(44)25-46)52-41(26)33-22-31(51-3)16-19-35(33)45(40(41)49)24-27-10-12-28(13-11-27)43-39(48)34-9-6-20-42-34/h10-19,22,26,29,34,36,38,42,46H,6-9,20-21,23-25H2,1-5H3,(H,43,48)/t26-,29-,34+,36+,38-,41+/m0/s1. The first-order valence-electron chi connectivity index (χ1n) is 18.9. The molecule has 4 aliphatic rings. The van der Waals surface area contributed by atoms with E-state index in [4.69, 9.17) is 14.2 Å². The number of carbonyl (C=O) groups excluding carboxylic acids is 3. The van der Waals surface area contributed by atoms with E-state index in [1.165, 1.54) is 5.19 Å². The quantitative estimate of drug-likeness (QED) is 0.245. The van der Waals surface area contributed by atoms with Crippen molar-refractivity contribution in [2.75, 3.05) is 44.1 Å². The van der Waals surface area contributed by atoms with Crippen LogP contribution in [-0.2, 0) is 31.3 Å². The van der Waals surface area contributed by atoms with Gasteiger partial charge < -0.3 is 39.8 Å². The second-order valence-electron chi connectivity index (χ2n) is 15.5. The third kappa shape index (κ3) is 6.64. The Morgan fingerprint density at radius 3 is 2.38 bits per heavy atom. The van der Waals surface area contributed by atoms with Gasteiger partial charge in [0.25, 0.3) is 5.91 Å². The molecule has 3 N–H and O–H groups in total. The maximum atomic E-state index is 15.2. The van der Waals surface area contributed by atoms with Gasteiger partial charge in [-0.05, 0) is 85.8 Å². The first-order chi connectivity index (χ1) is 25.5. The summed E-state index contributed by atoms with van der Waals surface area (Å²) in [5.74, 6) is 0.849. The van der Waals surface area contributed by atoms with E-state index in [0.29, 0.717) is 24.5 Å². The van der Waals surface area contributed by atoms with Gasteiger partial charge in [0, 0.05) is 23.7 Å². The number of fused-ring (bicyclic) bond motifs is 2. The molecular weight excluding hydrogens is 689 g/mol. The summed E-state index contributed by atoms with van der Waals surface area (Å²) < 4.78 is 18.4. The Balaban J connectivity index is 1.24. The number of aliphatic hydroxyl groups excluding tert-OH is 1. The molecule has 6 atom stereocenters. The van der Waals surface area contributed by atoms with Crippen LogP contribution in [0.1, 0.15) is 50.2 Å². The molecule has 11 nitrogen and oxygen atoms in total. The van der Waals surface area contributed by atoms with Gasteiger partial charge in [-0.2, -0.15) is 0 Å². The van der Waals surface area contributed by atoms with Crippen LogP contribution < -0.4 is 30.2 Å². The molecule has 0 aromatic heterocycles. The lowest BCUT2D eigenvalue weighted by Crippen LogP contribution is -2.52. The molecule has 3 amide bonds. The summed E-state index contributed by atoms with van der Waals surface area (Å²) in [6, 6.07) is 21.1. The number of likely N-dealkylation sites (tertiary alicyclic amines) is 1. The number of benzene rings is 3. The first kappa shape index (κ1) is 37.1. The van der Waals surface area contributed by atoms with Crippen molar-refractivity contribution in [3.8, 4) is 11.5 Å². The number of ether oxygens (including phenoxy) is 3. The molecule has 3 aromatic carbocycles. The van der Waals surface area contributed by atoms with Crippen LogP contribution in [0.4, 0.5) is 11.4 Å². The Bertz CT molecular complexity index is 1830. The van der Waals surface area contributed by atoms with Crippen LogP contribution in [0.2, 0.25) is 18.6 Å². The molecule has 3 saturated heterocycles. The van der Waals surface area contributed by atoms with Gasteiger partial charge >= 0.3 is 0 Å². The zero-order valence-corrected chi connectivity index (χ0v) is 32.4. The molecular formula is C41H52N4O7Si. The molecule has 4 heterocycles. The third-order valence-electron chi connectivity index (χ3n) is 12.3. The van der Waals surface area contributed by atoms with Crippen LogP contribution in [0.3, 0.4) is 0 Å². The van der Waals surface area contributed by atoms with E-state index in [-0.39, 0.29) is 54.3 Å². The Labute approximate surface area is 313 Å². The van der Waals surface area contributed by atoms with Crippen molar-refractivity contribution in [3.63, 3.8) is 0 Å². The summed E-state index contributed by atoms with van der Waals surface area (Å²) in [7, 11) is 0.791. The topological polar surface area (TPSA) is 130 Å². The third-order valence-corrected chi connectivity index (χ3v) is 16.6. The van der Waals surface area contributed by atoms with Gasteiger partial charge in [0.2, 0.25) is 11.8 Å². The van der Waals surface area contributed by atoms with Gasteiger partial charge in [-0.3, -0.25) is 14.4 Å². The highest BCUT2D eigenvalue weighted by Crippen LogP contribution is 2.60. The number of nitrogens with zero attached hydrogens (tertiary/aromatic N) is 2. The van der Waals surface area contributed by atoms with E-state index in [1.54, 1.807) is 24.0 Å². The molecule has 12 heteroatoms. The maximum absolute atomic E-state index is 15.2. The van der Waals surface area contributed by atoms with Gasteiger partial charge in [0.15, 0.2) is 5.60 Å². The van der Waals surface area contributed by atoms with Crippen LogP contribution in [0.15, 0.2) is 66.7 Å². The number of aliphatic hydroxyl groups is 1. The molecule has 0 aliphatic carbocycles. The fourth-order valence-electron chi connectivity index (χ4n) is 9.43. The second kappa shape index (κ2) is 14.9. The molecule has 4 aliphatic heterocycles. The van der Waals surface area contributed by atoms with Crippen molar-refractivity contribution in [3.05, 3.63) is 77.9 Å². The molecule has 0 radical (unpaired) electrons. The lowest BCUT2D eigenvalue weighted by Gasteiger charge is -2.37. The number of hydrogen-bond acceptors (Lipinski definition) is 8. The monoisotopic (exact) mass is 740 g/mol. The summed E-state index contributed by atoms with van der Waals surface area (Å²) in [6.07, 6.45) is 3.01. The molecule has 0 unspecified atom stereocenters. The average molecular weight is 741 g/mol. The van der Waals surface area contributed by atoms with E-state index in [9.17, 15) is 14.7 Å². The van der Waals surface area contributed by atoms with Crippen LogP contribution in [0.5, 0.6) is 11.5 Å². The van der Waals surface area contributed by atoms with Crippen molar-refractivity contribution < 1.29 is 33.7 Å². The van der Waals surface area contributed by atoms with Gasteiger partial charge in [-0.15, -0.1) is 0 Å². The predicted molar refractivity (Wildman–Crippen MR) is 206 cm³/mol. The predicted octanol–water partition coefficient (Wildman–Crippen LogP) is 4.53. The van der Waals surface area contributed by atoms with Crippen molar-refractivity contribution in [2.24, 2.45) is 5.92 Å². The van der Waals surface area contributed by atoms with Crippen molar-refractivity contribution in [1.29, 1.82) is 0 Å². The largest absolute Gasteiger partial charge is 0.497 e. The number of anilines is 2. The van der Waals surface area contributed by atoms with E-state index in [1.807, 2.05) is 54.6 Å². The highest BCUT2D eigenvalue weighted by molar-refractivity contribution is 6.91. The number of nitrogens with one attached hydrogen (secondary N) is 2. The smallest absolute Gasteiger partial charge is 0.264 e. The summed E-state index contributed by atoms with van der Waals surface area (Å²) in [5, 5.41) is 17.5. The maximum Gasteiger partial charge on any atom is 0.264 e. The molecule has 0 bridgehead atoms. The van der Waals surface area contributed by atoms with E-state index >= 15 is 4.79 Å². The van der Waals surface area contributed by atoms with Gasteiger partial charge in [0.1, 0.15) is 11.5 Å². The molecule has 0 saturated carbocycles. The summed E-state index contributed by atoms with van der Waals surface area (Å²) >= 11 is 0. The first-order valence-corrected chi connectivity index (χ1v) is 22.0. The van der Waals surface area contributed by atoms with Crippen molar-refractivity contribution in [2.45, 2.75) is 88.0 Å². The Hall–Kier alpha value is -4.23. The Morgan fingerprint density at radius 2 is 1.72 bits per heavy atom. The minimum Gasteiger partial charge on any atom is -0.497 e. The lowest BCUT2D eigenvalue weighted by molar-refractivity contribution is -0.150. The minimum absolute atomic E-state index is 0.0394. The number of carbonyl (C=O) groups is 3. The number of methoxy groups -OCH3 is 2. The van der Waals surface area contributed by atoms with E-state index in [2.05, 4.69) is 42.8 Å². The molecule has 282 valence electrons. The van der Waals surface area contributed by atoms with Crippen molar-refractivity contribution in [1.82, 2.24) is 10.2 Å². The van der Waals surface area contributed by atoms with Gasteiger partial charge in [-0.1, -0.05) is 49.5 Å². The number of hydrogen-bond donors (Lipinski definition) is 3. The van der Waals surface area contributed by atoms with Gasteiger partial charge in [0.05, 0.1) is 65.7 Å². The normalized spacial score (nSPS) is 26.7. The zero-order valence-electron chi connectivity index (χ0n) is 31.4. The molecule has 53 heavy (non-hydrogen) atoms. The van der Waals surface area contributed by atoms with Crippen molar-refractivity contribution >= 4 is 42.4 Å². The lowest BCUT2D eigenvalue weighted by atomic mass is 9.82. The van der Waals surface area contributed by atoms with E-state index < -0.39 is 19.8 Å². The van der Waals surface area contributed by atoms with Crippen LogP contribution in [0.25, 0.3) is 0 Å².